The number of thiophene rings is 1. The zero-order valence-corrected chi connectivity index (χ0v) is 13.4. The van der Waals surface area contributed by atoms with E-state index in [9.17, 15) is 0 Å². The van der Waals surface area contributed by atoms with Crippen LogP contribution in [0.15, 0.2) is 11.4 Å². The van der Waals surface area contributed by atoms with Gasteiger partial charge in [0.1, 0.15) is 0 Å². The number of hydrogen-bond acceptors (Lipinski definition) is 4. The van der Waals surface area contributed by atoms with Gasteiger partial charge in [0, 0.05) is 55.6 Å². The summed E-state index contributed by atoms with van der Waals surface area (Å²) in [6.07, 6.45) is 1.32. The van der Waals surface area contributed by atoms with Crippen molar-refractivity contribution in [2.75, 3.05) is 39.3 Å². The van der Waals surface area contributed by atoms with Crippen LogP contribution in [0.4, 0.5) is 0 Å². The van der Waals surface area contributed by atoms with E-state index in [4.69, 9.17) is 11.6 Å². The van der Waals surface area contributed by atoms with Gasteiger partial charge in [0.05, 0.1) is 5.02 Å². The molecule has 108 valence electrons. The summed E-state index contributed by atoms with van der Waals surface area (Å²) in [4.78, 5) is 6.58. The lowest BCUT2D eigenvalue weighted by molar-refractivity contribution is 0.0988. The van der Waals surface area contributed by atoms with Crippen molar-refractivity contribution in [2.24, 2.45) is 0 Å². The minimum Gasteiger partial charge on any atom is -0.315 e. The third kappa shape index (κ3) is 4.06. The fourth-order valence-corrected chi connectivity index (χ4v) is 4.01. The number of nitrogens with one attached hydrogen (secondary N) is 1. The Morgan fingerprint density at radius 2 is 2.11 bits per heavy atom. The average molecular weight is 322 g/mol. The summed E-state index contributed by atoms with van der Waals surface area (Å²) >= 11 is 7.74. The second kappa shape index (κ2) is 7.25. The highest BCUT2D eigenvalue weighted by molar-refractivity contribution is 7.10. The van der Waals surface area contributed by atoms with Gasteiger partial charge in [0.15, 0.2) is 0 Å². The highest BCUT2D eigenvalue weighted by Gasteiger charge is 2.25. The maximum absolute atomic E-state index is 5.96. The van der Waals surface area contributed by atoms with Crippen LogP contribution in [0.2, 0.25) is 5.02 Å². The fourth-order valence-electron chi connectivity index (χ4n) is 2.89. The summed E-state index contributed by atoms with van der Waals surface area (Å²) in [5, 5.41) is 6.36. The van der Waals surface area contributed by atoms with E-state index in [2.05, 4.69) is 21.2 Å². The van der Waals surface area contributed by atoms with Crippen LogP contribution in [0, 0.1) is 0 Å². The maximum Gasteiger partial charge on any atom is 0.0516 e. The zero-order valence-electron chi connectivity index (χ0n) is 11.0. The van der Waals surface area contributed by atoms with Crippen molar-refractivity contribution in [3.8, 4) is 0 Å². The Balaban J connectivity index is 0.00000133. The van der Waals surface area contributed by atoms with Gasteiger partial charge >= 0.3 is 0 Å². The van der Waals surface area contributed by atoms with Crippen LogP contribution in [-0.4, -0.2) is 55.1 Å². The van der Waals surface area contributed by atoms with E-state index in [1.165, 1.54) is 50.6 Å². The van der Waals surface area contributed by atoms with Gasteiger partial charge in [-0.05, 0) is 19.0 Å². The van der Waals surface area contributed by atoms with Crippen LogP contribution in [0.3, 0.4) is 0 Å². The first-order chi connectivity index (χ1) is 8.81. The Morgan fingerprint density at radius 3 is 2.68 bits per heavy atom. The Labute approximate surface area is 130 Å². The molecule has 3 nitrogen and oxygen atoms in total. The summed E-state index contributed by atoms with van der Waals surface area (Å²) in [6, 6.07) is 2.88. The SMILES string of the molecule is Cl.Clc1csc(CN2CCN(C3CCNC3)CC2)c1. The van der Waals surface area contributed by atoms with Gasteiger partial charge in [0.25, 0.3) is 0 Å². The molecule has 1 aromatic heterocycles. The van der Waals surface area contributed by atoms with Crippen LogP contribution < -0.4 is 5.32 Å². The van der Waals surface area contributed by atoms with Gasteiger partial charge in [0.2, 0.25) is 0 Å². The van der Waals surface area contributed by atoms with Crippen molar-refractivity contribution >= 4 is 35.3 Å². The fraction of sp³-hybridized carbons (Fsp3) is 0.692. The van der Waals surface area contributed by atoms with Crippen molar-refractivity contribution in [3.05, 3.63) is 21.3 Å². The molecule has 1 atom stereocenters. The molecule has 2 aliphatic rings. The van der Waals surface area contributed by atoms with E-state index in [1.807, 2.05) is 5.38 Å². The summed E-state index contributed by atoms with van der Waals surface area (Å²) < 4.78 is 0. The van der Waals surface area contributed by atoms with E-state index in [0.29, 0.717) is 0 Å². The van der Waals surface area contributed by atoms with Gasteiger partial charge in [-0.15, -0.1) is 23.7 Å². The molecule has 2 aliphatic heterocycles. The summed E-state index contributed by atoms with van der Waals surface area (Å²) in [5.41, 5.74) is 0. The molecule has 0 aliphatic carbocycles. The number of nitrogens with zero attached hydrogens (tertiary/aromatic N) is 2. The molecule has 3 rings (SSSR count). The molecule has 2 fully saturated rings. The van der Waals surface area contributed by atoms with Crippen LogP contribution in [0.25, 0.3) is 0 Å². The lowest BCUT2D eigenvalue weighted by Crippen LogP contribution is -2.50. The molecule has 0 aromatic carbocycles. The first kappa shape index (κ1) is 15.5. The smallest absolute Gasteiger partial charge is 0.0516 e. The Hall–Kier alpha value is 0.160. The normalized spacial score (nSPS) is 25.4. The topological polar surface area (TPSA) is 18.5 Å². The summed E-state index contributed by atoms with van der Waals surface area (Å²) in [6.45, 7) is 8.24. The molecule has 0 saturated carbocycles. The predicted molar refractivity (Wildman–Crippen MR) is 84.7 cm³/mol. The monoisotopic (exact) mass is 321 g/mol. The lowest BCUT2D eigenvalue weighted by atomic mass is 10.2. The Bertz CT molecular complexity index is 385. The van der Waals surface area contributed by atoms with E-state index in [-0.39, 0.29) is 12.4 Å². The first-order valence-electron chi connectivity index (χ1n) is 6.71. The Kier molecular flexibility index (Phi) is 5.93. The van der Waals surface area contributed by atoms with Gasteiger partial charge in [-0.3, -0.25) is 9.80 Å². The summed E-state index contributed by atoms with van der Waals surface area (Å²) in [5.74, 6) is 0. The molecule has 1 N–H and O–H groups in total. The molecule has 0 bridgehead atoms. The van der Waals surface area contributed by atoms with E-state index >= 15 is 0 Å². The van der Waals surface area contributed by atoms with Gasteiger partial charge in [-0.1, -0.05) is 11.6 Å². The molecule has 3 heterocycles. The standard InChI is InChI=1S/C13H20ClN3S.ClH/c14-11-7-13(18-10-11)9-16-3-5-17(6-4-16)12-1-2-15-8-12;/h7,10,12,15H,1-6,8-9H2;1H. The molecule has 1 aromatic rings. The number of halogens is 2. The van der Waals surface area contributed by atoms with E-state index in [0.717, 1.165) is 17.6 Å². The van der Waals surface area contributed by atoms with Gasteiger partial charge < -0.3 is 5.32 Å². The van der Waals surface area contributed by atoms with Crippen LogP contribution in [-0.2, 0) is 6.54 Å². The second-order valence-corrected chi connectivity index (χ2v) is 6.62. The van der Waals surface area contributed by atoms with Gasteiger partial charge in [-0.2, -0.15) is 0 Å². The summed E-state index contributed by atoms with van der Waals surface area (Å²) in [7, 11) is 0. The molecule has 0 amide bonds. The predicted octanol–water partition coefficient (Wildman–Crippen LogP) is 2.30. The van der Waals surface area contributed by atoms with Gasteiger partial charge in [-0.25, -0.2) is 0 Å². The first-order valence-corrected chi connectivity index (χ1v) is 7.97. The van der Waals surface area contributed by atoms with Crippen molar-refractivity contribution in [1.29, 1.82) is 0 Å². The van der Waals surface area contributed by atoms with Crippen LogP contribution >= 0.6 is 35.3 Å². The quantitative estimate of drug-likeness (QED) is 0.921. The molecule has 6 heteroatoms. The second-order valence-electron chi connectivity index (χ2n) is 5.19. The van der Waals surface area contributed by atoms with E-state index < -0.39 is 0 Å². The zero-order chi connectivity index (χ0) is 12.4. The minimum absolute atomic E-state index is 0. The molecule has 0 spiro atoms. The van der Waals surface area contributed by atoms with Crippen molar-refractivity contribution in [3.63, 3.8) is 0 Å². The molecule has 2 saturated heterocycles. The number of hydrogen-bond donors (Lipinski definition) is 1. The van der Waals surface area contributed by atoms with E-state index in [1.54, 1.807) is 11.3 Å². The highest BCUT2D eigenvalue weighted by atomic mass is 35.5. The molecule has 0 radical (unpaired) electrons. The van der Waals surface area contributed by atoms with Crippen molar-refractivity contribution in [1.82, 2.24) is 15.1 Å². The minimum atomic E-state index is 0. The van der Waals surface area contributed by atoms with Crippen LogP contribution in [0.5, 0.6) is 0 Å². The average Bonchev–Trinajstić information content (AvgIpc) is 3.02. The third-order valence-corrected chi connectivity index (χ3v) is 5.23. The highest BCUT2D eigenvalue weighted by Crippen LogP contribution is 2.21. The lowest BCUT2D eigenvalue weighted by Gasteiger charge is -2.37. The third-order valence-electron chi connectivity index (χ3n) is 3.96. The Morgan fingerprint density at radius 1 is 1.32 bits per heavy atom. The molecular formula is C13H21Cl2N3S. The maximum atomic E-state index is 5.96. The van der Waals surface area contributed by atoms with Crippen LogP contribution in [0.1, 0.15) is 11.3 Å². The number of rotatable bonds is 3. The van der Waals surface area contributed by atoms with Crippen molar-refractivity contribution in [2.45, 2.75) is 19.0 Å². The molecular weight excluding hydrogens is 301 g/mol. The largest absolute Gasteiger partial charge is 0.315 e. The molecule has 19 heavy (non-hydrogen) atoms. The van der Waals surface area contributed by atoms with Crippen molar-refractivity contribution < 1.29 is 0 Å². The molecule has 1 unspecified atom stereocenters. The number of piperazine rings is 1.